The standard InChI is InChI=1S/C16H18ClN3O/c17-15-2-1-13-9-12(5-8-20(13)15)16(21)18-14-10-19-6-3-11(14)4-7-19/h1-2,5,8-9,11,14H,3-4,6-7,10H2,(H,18,21)/t14-/m0/s1. The summed E-state index contributed by atoms with van der Waals surface area (Å²) in [4.78, 5) is 14.9. The van der Waals surface area contributed by atoms with Crippen LogP contribution in [0.15, 0.2) is 30.5 Å². The molecule has 4 nitrogen and oxygen atoms in total. The summed E-state index contributed by atoms with van der Waals surface area (Å²) < 4.78 is 1.87. The number of piperidine rings is 3. The normalized spacial score (nSPS) is 28.0. The van der Waals surface area contributed by atoms with Crippen LogP contribution < -0.4 is 5.32 Å². The maximum atomic E-state index is 12.5. The molecule has 0 aromatic carbocycles. The van der Waals surface area contributed by atoms with Crippen molar-refractivity contribution < 1.29 is 4.79 Å². The van der Waals surface area contributed by atoms with E-state index in [1.54, 1.807) is 0 Å². The molecule has 2 bridgehead atoms. The lowest BCUT2D eigenvalue weighted by Crippen LogP contribution is -2.57. The second kappa shape index (κ2) is 5.04. The van der Waals surface area contributed by atoms with Crippen LogP contribution in [0.5, 0.6) is 0 Å². The molecule has 0 spiro atoms. The number of pyridine rings is 1. The van der Waals surface area contributed by atoms with Crippen LogP contribution >= 0.6 is 11.6 Å². The molecule has 5 heteroatoms. The Balaban J connectivity index is 1.53. The van der Waals surface area contributed by atoms with Crippen molar-refractivity contribution in [3.63, 3.8) is 0 Å². The molecule has 3 aliphatic heterocycles. The molecule has 0 saturated carbocycles. The fourth-order valence-corrected chi connectivity index (χ4v) is 3.81. The van der Waals surface area contributed by atoms with Crippen molar-refractivity contribution in [2.45, 2.75) is 18.9 Å². The molecule has 2 aromatic rings. The largest absolute Gasteiger partial charge is 0.348 e. The first-order valence-corrected chi connectivity index (χ1v) is 7.88. The van der Waals surface area contributed by atoms with Crippen molar-refractivity contribution in [3.8, 4) is 0 Å². The molecule has 1 amide bonds. The molecule has 3 aliphatic rings. The number of carbonyl (C=O) groups is 1. The highest BCUT2D eigenvalue weighted by molar-refractivity contribution is 6.30. The molecule has 3 saturated heterocycles. The summed E-state index contributed by atoms with van der Waals surface area (Å²) >= 11 is 6.06. The van der Waals surface area contributed by atoms with Gasteiger partial charge in [-0.2, -0.15) is 0 Å². The highest BCUT2D eigenvalue weighted by Gasteiger charge is 2.34. The maximum absolute atomic E-state index is 12.5. The van der Waals surface area contributed by atoms with E-state index < -0.39 is 0 Å². The fraction of sp³-hybridized carbons (Fsp3) is 0.438. The van der Waals surface area contributed by atoms with Gasteiger partial charge in [-0.1, -0.05) is 11.6 Å². The molecular weight excluding hydrogens is 286 g/mol. The maximum Gasteiger partial charge on any atom is 0.251 e. The molecule has 21 heavy (non-hydrogen) atoms. The molecule has 0 aliphatic carbocycles. The molecule has 3 fully saturated rings. The topological polar surface area (TPSA) is 36.8 Å². The van der Waals surface area contributed by atoms with Gasteiger partial charge >= 0.3 is 0 Å². The minimum Gasteiger partial charge on any atom is -0.348 e. The van der Waals surface area contributed by atoms with Gasteiger partial charge in [0.1, 0.15) is 5.15 Å². The first kappa shape index (κ1) is 13.2. The van der Waals surface area contributed by atoms with Crippen LogP contribution in [-0.2, 0) is 0 Å². The van der Waals surface area contributed by atoms with E-state index in [0.717, 1.165) is 12.1 Å². The van der Waals surface area contributed by atoms with Crippen LogP contribution in [0, 0.1) is 5.92 Å². The summed E-state index contributed by atoms with van der Waals surface area (Å²) in [6.07, 6.45) is 4.26. The number of halogens is 1. The number of nitrogens with one attached hydrogen (secondary N) is 1. The van der Waals surface area contributed by atoms with E-state index in [4.69, 9.17) is 11.6 Å². The Bertz CT molecular complexity index is 688. The third kappa shape index (κ3) is 2.32. The molecular formula is C16H18ClN3O. The third-order valence-electron chi connectivity index (χ3n) is 4.84. The number of rotatable bonds is 2. The summed E-state index contributed by atoms with van der Waals surface area (Å²) in [7, 11) is 0. The Kier molecular flexibility index (Phi) is 3.16. The quantitative estimate of drug-likeness (QED) is 0.925. The summed E-state index contributed by atoms with van der Waals surface area (Å²) in [6, 6.07) is 7.78. The Morgan fingerprint density at radius 2 is 2.05 bits per heavy atom. The van der Waals surface area contributed by atoms with Gasteiger partial charge in [0.2, 0.25) is 0 Å². The SMILES string of the molecule is O=C(N[C@H]1CN2CCC1CC2)c1ccn2c(Cl)ccc2c1. The molecule has 0 radical (unpaired) electrons. The number of nitrogens with zero attached hydrogens (tertiary/aromatic N) is 2. The lowest BCUT2D eigenvalue weighted by molar-refractivity contribution is 0.0620. The third-order valence-corrected chi connectivity index (χ3v) is 5.15. The molecule has 2 aromatic heterocycles. The van der Waals surface area contributed by atoms with Crippen molar-refractivity contribution >= 4 is 23.0 Å². The van der Waals surface area contributed by atoms with Crippen LogP contribution in [0.25, 0.3) is 5.52 Å². The highest BCUT2D eigenvalue weighted by atomic mass is 35.5. The smallest absolute Gasteiger partial charge is 0.251 e. The van der Waals surface area contributed by atoms with Crippen LogP contribution in [-0.4, -0.2) is 40.9 Å². The zero-order valence-corrected chi connectivity index (χ0v) is 12.5. The highest BCUT2D eigenvalue weighted by Crippen LogP contribution is 2.27. The number of aromatic nitrogens is 1. The van der Waals surface area contributed by atoms with E-state index in [1.165, 1.54) is 25.9 Å². The number of carbonyl (C=O) groups excluding carboxylic acids is 1. The Labute approximate surface area is 128 Å². The van der Waals surface area contributed by atoms with Crippen molar-refractivity contribution in [2.24, 2.45) is 5.92 Å². The first-order valence-electron chi connectivity index (χ1n) is 7.50. The van der Waals surface area contributed by atoms with Gasteiger partial charge in [0.25, 0.3) is 5.91 Å². The molecule has 1 N–H and O–H groups in total. The van der Waals surface area contributed by atoms with E-state index >= 15 is 0 Å². The van der Waals surface area contributed by atoms with Gasteiger partial charge in [0, 0.05) is 29.9 Å². The zero-order valence-electron chi connectivity index (χ0n) is 11.8. The van der Waals surface area contributed by atoms with Gasteiger partial charge in [-0.25, -0.2) is 0 Å². The number of amides is 1. The van der Waals surface area contributed by atoms with Crippen molar-refractivity contribution in [1.29, 1.82) is 0 Å². The number of fused-ring (bicyclic) bond motifs is 4. The number of hydrogen-bond acceptors (Lipinski definition) is 2. The van der Waals surface area contributed by atoms with Crippen molar-refractivity contribution in [2.75, 3.05) is 19.6 Å². The molecule has 5 heterocycles. The van der Waals surface area contributed by atoms with Gasteiger partial charge in [-0.3, -0.25) is 4.79 Å². The van der Waals surface area contributed by atoms with Gasteiger partial charge in [0.15, 0.2) is 0 Å². The molecule has 110 valence electrons. The lowest BCUT2D eigenvalue weighted by Gasteiger charge is -2.44. The average Bonchev–Trinajstić information content (AvgIpc) is 2.89. The van der Waals surface area contributed by atoms with Crippen LogP contribution in [0.2, 0.25) is 5.15 Å². The van der Waals surface area contributed by atoms with Gasteiger partial charge in [0.05, 0.1) is 0 Å². The number of hydrogen-bond donors (Lipinski definition) is 1. The van der Waals surface area contributed by atoms with E-state index in [1.807, 2.05) is 34.9 Å². The van der Waals surface area contributed by atoms with E-state index in [2.05, 4.69) is 10.2 Å². The van der Waals surface area contributed by atoms with E-state index in [-0.39, 0.29) is 5.91 Å². The van der Waals surface area contributed by atoms with Crippen LogP contribution in [0.4, 0.5) is 0 Å². The first-order chi connectivity index (χ1) is 10.2. The summed E-state index contributed by atoms with van der Waals surface area (Å²) in [5.41, 5.74) is 1.65. The molecule has 0 unspecified atom stereocenters. The van der Waals surface area contributed by atoms with Crippen molar-refractivity contribution in [1.82, 2.24) is 14.6 Å². The van der Waals surface area contributed by atoms with Gasteiger partial charge in [-0.05, 0) is 56.1 Å². The minimum absolute atomic E-state index is 0.0218. The summed E-state index contributed by atoms with van der Waals surface area (Å²) in [5.74, 6) is 0.666. The van der Waals surface area contributed by atoms with Crippen LogP contribution in [0.3, 0.4) is 0 Å². The van der Waals surface area contributed by atoms with Crippen molar-refractivity contribution in [3.05, 3.63) is 41.2 Å². The Morgan fingerprint density at radius 1 is 1.24 bits per heavy atom. The summed E-state index contributed by atoms with van der Waals surface area (Å²) in [5, 5.41) is 3.88. The van der Waals surface area contributed by atoms with E-state index in [9.17, 15) is 4.79 Å². The van der Waals surface area contributed by atoms with Gasteiger partial charge < -0.3 is 14.6 Å². The average molecular weight is 304 g/mol. The summed E-state index contributed by atoms with van der Waals surface area (Å²) in [6.45, 7) is 3.37. The second-order valence-corrected chi connectivity index (χ2v) is 6.47. The monoisotopic (exact) mass is 303 g/mol. The predicted octanol–water partition coefficient (Wildman–Crippen LogP) is 2.42. The predicted molar refractivity (Wildman–Crippen MR) is 82.8 cm³/mol. The Hall–Kier alpha value is -1.52. The fourth-order valence-electron chi connectivity index (χ4n) is 3.60. The van der Waals surface area contributed by atoms with Crippen LogP contribution in [0.1, 0.15) is 23.2 Å². The van der Waals surface area contributed by atoms with Gasteiger partial charge in [-0.15, -0.1) is 0 Å². The van der Waals surface area contributed by atoms with E-state index in [0.29, 0.717) is 22.7 Å². The molecule has 5 rings (SSSR count). The lowest BCUT2D eigenvalue weighted by atomic mass is 9.84. The zero-order chi connectivity index (χ0) is 14.4. The second-order valence-electron chi connectivity index (χ2n) is 6.08. The molecule has 1 atom stereocenters. The minimum atomic E-state index is 0.0218. The Morgan fingerprint density at radius 3 is 2.76 bits per heavy atom.